The molecule has 146 valence electrons. The van der Waals surface area contributed by atoms with Gasteiger partial charge in [-0.25, -0.2) is 4.98 Å². The minimum absolute atomic E-state index is 0.267. The molecule has 3 aromatic rings. The van der Waals surface area contributed by atoms with Crippen molar-refractivity contribution in [2.45, 2.75) is 32.1 Å². The summed E-state index contributed by atoms with van der Waals surface area (Å²) in [5.74, 6) is 1.32. The van der Waals surface area contributed by atoms with Gasteiger partial charge in [-0.2, -0.15) is 0 Å². The van der Waals surface area contributed by atoms with Crippen LogP contribution in [0.2, 0.25) is 0 Å². The van der Waals surface area contributed by atoms with Gasteiger partial charge in [-0.05, 0) is 49.6 Å². The number of ether oxygens (including phenoxy) is 1. The first kappa shape index (κ1) is 19.9. The number of aliphatic hydroxyl groups excluding tert-OH is 2. The Hall–Kier alpha value is -2.80. The molecule has 0 aliphatic rings. The maximum absolute atomic E-state index is 10.1. The van der Waals surface area contributed by atoms with Crippen molar-refractivity contribution < 1.29 is 14.9 Å². The third-order valence-electron chi connectivity index (χ3n) is 4.42. The van der Waals surface area contributed by atoms with Gasteiger partial charge in [0.2, 0.25) is 5.88 Å². The van der Waals surface area contributed by atoms with E-state index in [0.29, 0.717) is 18.7 Å². The highest BCUT2D eigenvalue weighted by Crippen LogP contribution is 2.22. The van der Waals surface area contributed by atoms with Crippen LogP contribution in [-0.2, 0) is 6.42 Å². The molecule has 6 nitrogen and oxygen atoms in total. The summed E-state index contributed by atoms with van der Waals surface area (Å²) >= 11 is 0. The largest absolute Gasteiger partial charge is 0.439 e. The zero-order valence-corrected chi connectivity index (χ0v) is 15.8. The van der Waals surface area contributed by atoms with Gasteiger partial charge in [0.15, 0.2) is 0 Å². The van der Waals surface area contributed by atoms with E-state index in [1.807, 2.05) is 49.4 Å². The summed E-state index contributed by atoms with van der Waals surface area (Å²) in [6.07, 6.45) is 4.84. The van der Waals surface area contributed by atoms with Crippen molar-refractivity contribution in [3.63, 3.8) is 0 Å². The van der Waals surface area contributed by atoms with E-state index < -0.39 is 12.3 Å². The molecule has 2 aromatic heterocycles. The number of hydrogen-bond donors (Lipinski definition) is 3. The van der Waals surface area contributed by atoms with Gasteiger partial charge in [0, 0.05) is 36.3 Å². The highest BCUT2D eigenvalue weighted by atomic mass is 16.5. The molecule has 28 heavy (non-hydrogen) atoms. The molecule has 0 saturated heterocycles. The quantitative estimate of drug-likeness (QED) is 0.495. The second-order valence-electron chi connectivity index (χ2n) is 6.64. The number of nitrogens with one attached hydrogen (secondary N) is 1. The molecule has 1 aromatic carbocycles. The average molecular weight is 379 g/mol. The molecule has 0 spiro atoms. The molecule has 0 radical (unpaired) electrons. The van der Waals surface area contributed by atoms with Crippen LogP contribution < -0.4 is 10.1 Å². The standard InChI is InChI=1S/C22H25N3O3/c1-16-4-2-13-24-22(16)28-19-9-6-17(7-10-19)8-11-21(27)25-15-20(26)18-5-3-12-23-14-18/h2-7,9-10,12-14,20-21,25-27H,8,11,15H2,1H3/t20-,21-/m0/s1. The van der Waals surface area contributed by atoms with Crippen molar-refractivity contribution in [2.75, 3.05) is 6.54 Å². The van der Waals surface area contributed by atoms with Crippen molar-refractivity contribution in [3.05, 3.63) is 83.8 Å². The normalized spacial score (nSPS) is 13.1. The van der Waals surface area contributed by atoms with Gasteiger partial charge in [-0.3, -0.25) is 10.3 Å². The summed E-state index contributed by atoms with van der Waals surface area (Å²) in [5, 5.41) is 23.2. The number of aliphatic hydroxyl groups is 2. The summed E-state index contributed by atoms with van der Waals surface area (Å²) in [4.78, 5) is 8.21. The topological polar surface area (TPSA) is 87.5 Å². The summed E-state index contributed by atoms with van der Waals surface area (Å²) in [7, 11) is 0. The van der Waals surface area contributed by atoms with Crippen LogP contribution in [0.5, 0.6) is 11.6 Å². The predicted octanol–water partition coefficient (Wildman–Crippen LogP) is 3.15. The molecule has 0 bridgehead atoms. The first-order valence-electron chi connectivity index (χ1n) is 9.29. The van der Waals surface area contributed by atoms with E-state index >= 15 is 0 Å². The maximum Gasteiger partial charge on any atom is 0.222 e. The van der Waals surface area contributed by atoms with E-state index in [4.69, 9.17) is 4.74 Å². The molecule has 6 heteroatoms. The molecular weight excluding hydrogens is 354 g/mol. The number of aromatic nitrogens is 2. The third kappa shape index (κ3) is 5.85. The molecule has 3 rings (SSSR count). The van der Waals surface area contributed by atoms with Crippen molar-refractivity contribution in [3.8, 4) is 11.6 Å². The summed E-state index contributed by atoms with van der Waals surface area (Å²) in [6.45, 7) is 2.22. The molecule has 2 atom stereocenters. The zero-order valence-electron chi connectivity index (χ0n) is 15.8. The minimum Gasteiger partial charge on any atom is -0.439 e. The summed E-state index contributed by atoms with van der Waals surface area (Å²) in [5.41, 5.74) is 2.80. The smallest absolute Gasteiger partial charge is 0.222 e. The summed E-state index contributed by atoms with van der Waals surface area (Å²) in [6, 6.07) is 15.2. The Labute approximate surface area is 164 Å². The van der Waals surface area contributed by atoms with Crippen LogP contribution in [0.4, 0.5) is 0 Å². The Morgan fingerprint density at radius 2 is 1.82 bits per heavy atom. The van der Waals surface area contributed by atoms with Crippen LogP contribution in [0.1, 0.15) is 29.2 Å². The van der Waals surface area contributed by atoms with E-state index in [0.717, 1.165) is 22.4 Å². The van der Waals surface area contributed by atoms with Gasteiger partial charge < -0.3 is 14.9 Å². The van der Waals surface area contributed by atoms with Crippen molar-refractivity contribution >= 4 is 0 Å². The fourth-order valence-corrected chi connectivity index (χ4v) is 2.76. The van der Waals surface area contributed by atoms with E-state index in [2.05, 4.69) is 15.3 Å². The van der Waals surface area contributed by atoms with Crippen LogP contribution in [0, 0.1) is 6.92 Å². The predicted molar refractivity (Wildman–Crippen MR) is 107 cm³/mol. The van der Waals surface area contributed by atoms with Crippen molar-refractivity contribution in [2.24, 2.45) is 0 Å². The third-order valence-corrected chi connectivity index (χ3v) is 4.42. The fourth-order valence-electron chi connectivity index (χ4n) is 2.76. The zero-order chi connectivity index (χ0) is 19.8. The average Bonchev–Trinajstić information content (AvgIpc) is 2.74. The van der Waals surface area contributed by atoms with Crippen LogP contribution in [0.25, 0.3) is 0 Å². The SMILES string of the molecule is Cc1cccnc1Oc1ccc(CC[C@H](O)NC[C@H](O)c2cccnc2)cc1. The number of hydrogen-bond acceptors (Lipinski definition) is 6. The van der Waals surface area contributed by atoms with Crippen LogP contribution in [-0.4, -0.2) is 33.0 Å². The molecule has 0 amide bonds. The lowest BCUT2D eigenvalue weighted by Crippen LogP contribution is -2.33. The Balaban J connectivity index is 1.43. The molecule has 0 aliphatic heterocycles. The Morgan fingerprint density at radius 1 is 1.04 bits per heavy atom. The van der Waals surface area contributed by atoms with Gasteiger partial charge in [0.1, 0.15) is 12.0 Å². The lowest BCUT2D eigenvalue weighted by atomic mass is 10.1. The molecule has 0 fully saturated rings. The highest BCUT2D eigenvalue weighted by Gasteiger charge is 2.10. The first-order valence-corrected chi connectivity index (χ1v) is 9.29. The number of pyridine rings is 2. The number of nitrogens with zero attached hydrogens (tertiary/aromatic N) is 2. The Morgan fingerprint density at radius 3 is 2.54 bits per heavy atom. The van der Waals surface area contributed by atoms with Gasteiger partial charge >= 0.3 is 0 Å². The van der Waals surface area contributed by atoms with E-state index in [1.54, 1.807) is 24.7 Å². The van der Waals surface area contributed by atoms with Gasteiger partial charge in [-0.1, -0.05) is 24.3 Å². The van der Waals surface area contributed by atoms with E-state index in [9.17, 15) is 10.2 Å². The van der Waals surface area contributed by atoms with Gasteiger partial charge in [-0.15, -0.1) is 0 Å². The molecule has 2 heterocycles. The fraction of sp³-hybridized carbons (Fsp3) is 0.273. The van der Waals surface area contributed by atoms with Crippen LogP contribution >= 0.6 is 0 Å². The van der Waals surface area contributed by atoms with Crippen LogP contribution in [0.15, 0.2) is 67.1 Å². The van der Waals surface area contributed by atoms with Gasteiger partial charge in [0.25, 0.3) is 0 Å². The maximum atomic E-state index is 10.1. The van der Waals surface area contributed by atoms with Crippen LogP contribution in [0.3, 0.4) is 0 Å². The molecule has 0 saturated carbocycles. The van der Waals surface area contributed by atoms with Crippen molar-refractivity contribution in [1.82, 2.24) is 15.3 Å². The summed E-state index contributed by atoms with van der Waals surface area (Å²) < 4.78 is 5.79. The number of aryl methyl sites for hydroxylation is 2. The Bertz CT molecular complexity index is 856. The molecule has 0 aliphatic carbocycles. The highest BCUT2D eigenvalue weighted by molar-refractivity contribution is 5.33. The molecular formula is C22H25N3O3. The monoisotopic (exact) mass is 379 g/mol. The second-order valence-corrected chi connectivity index (χ2v) is 6.64. The molecule has 0 unspecified atom stereocenters. The lowest BCUT2D eigenvalue weighted by Gasteiger charge is -2.16. The van der Waals surface area contributed by atoms with Crippen molar-refractivity contribution in [1.29, 1.82) is 0 Å². The number of rotatable bonds is 9. The second kappa shape index (κ2) is 9.94. The number of benzene rings is 1. The van der Waals surface area contributed by atoms with Gasteiger partial charge in [0.05, 0.1) is 6.10 Å². The minimum atomic E-state index is -0.699. The van der Waals surface area contributed by atoms with E-state index in [1.165, 1.54) is 0 Å². The lowest BCUT2D eigenvalue weighted by molar-refractivity contribution is 0.0960. The van der Waals surface area contributed by atoms with E-state index in [-0.39, 0.29) is 6.54 Å². The molecule has 3 N–H and O–H groups in total. The first-order chi connectivity index (χ1) is 13.6. The Kier molecular flexibility index (Phi) is 7.08.